The Morgan fingerprint density at radius 1 is 1.28 bits per heavy atom. The van der Waals surface area contributed by atoms with Gasteiger partial charge in [0.2, 0.25) is 0 Å². The number of carbonyl (C=O) groups excluding carboxylic acids is 2. The van der Waals surface area contributed by atoms with Crippen LogP contribution in [0.1, 0.15) is 41.9 Å². The molecule has 0 N–H and O–H groups in total. The van der Waals surface area contributed by atoms with E-state index in [4.69, 9.17) is 9.47 Å². The molecule has 0 bridgehead atoms. The summed E-state index contributed by atoms with van der Waals surface area (Å²) in [6, 6.07) is 9.81. The third-order valence-corrected chi connectivity index (χ3v) is 4.66. The van der Waals surface area contributed by atoms with Gasteiger partial charge in [-0.25, -0.2) is 9.78 Å². The summed E-state index contributed by atoms with van der Waals surface area (Å²) in [6.45, 7) is 2.04. The van der Waals surface area contributed by atoms with Gasteiger partial charge in [0, 0.05) is 0 Å². The summed E-state index contributed by atoms with van der Waals surface area (Å²) in [7, 11) is 1.36. The molecule has 0 amide bonds. The van der Waals surface area contributed by atoms with Crippen LogP contribution in [0.2, 0.25) is 0 Å². The Balaban J connectivity index is 1.69. The third kappa shape index (κ3) is 3.90. The molecule has 0 aliphatic heterocycles. The van der Waals surface area contributed by atoms with Gasteiger partial charge in [-0.2, -0.15) is 0 Å². The molecule has 2 aromatic rings. The van der Waals surface area contributed by atoms with E-state index in [1.807, 2.05) is 37.3 Å². The minimum Gasteiger partial charge on any atom is -0.469 e. The number of ether oxygens (including phenoxy) is 2. The number of rotatable bonds is 7. The number of aromatic nitrogens is 2. The molecule has 1 aromatic heterocycles. The normalized spacial score (nSPS) is 16.1. The number of hydrogen-bond donors (Lipinski definition) is 0. The fourth-order valence-electron chi connectivity index (χ4n) is 2.95. The minimum absolute atomic E-state index is 0.0427. The number of imidazole rings is 1. The topological polar surface area (TPSA) is 70.4 Å². The monoisotopic (exact) mass is 342 g/mol. The van der Waals surface area contributed by atoms with E-state index in [1.165, 1.54) is 13.3 Å². The molecule has 6 nitrogen and oxygen atoms in total. The molecule has 1 saturated carbocycles. The standard InChI is InChI=1S/C19H22N2O4/c1-13(14-6-4-3-5-7-14)21-12-20-10-17(21)19(23)25-11-16(15-8-9-15)18(22)24-2/h3-7,10,12-13,15-16H,8-9,11H2,1-2H3. The molecule has 0 saturated heterocycles. The maximum Gasteiger partial charge on any atom is 0.356 e. The van der Waals surface area contributed by atoms with Crippen LogP contribution in [0.3, 0.4) is 0 Å². The summed E-state index contributed by atoms with van der Waals surface area (Å²) in [5.41, 5.74) is 1.44. The summed E-state index contributed by atoms with van der Waals surface area (Å²) in [5, 5.41) is 0. The second-order valence-electron chi connectivity index (χ2n) is 6.34. The molecule has 1 fully saturated rings. The van der Waals surface area contributed by atoms with Gasteiger partial charge in [0.05, 0.1) is 31.6 Å². The fourth-order valence-corrected chi connectivity index (χ4v) is 2.95. The summed E-state index contributed by atoms with van der Waals surface area (Å²) in [6.07, 6.45) is 5.06. The highest BCUT2D eigenvalue weighted by Gasteiger charge is 2.38. The maximum absolute atomic E-state index is 12.5. The zero-order valence-corrected chi connectivity index (χ0v) is 14.4. The number of hydrogen-bond acceptors (Lipinski definition) is 5. The molecule has 3 rings (SSSR count). The highest BCUT2D eigenvalue weighted by molar-refractivity contribution is 5.87. The summed E-state index contributed by atoms with van der Waals surface area (Å²) >= 11 is 0. The number of nitrogens with zero attached hydrogens (tertiary/aromatic N) is 2. The van der Waals surface area contributed by atoms with E-state index in [0.29, 0.717) is 5.69 Å². The molecule has 1 aromatic carbocycles. The zero-order chi connectivity index (χ0) is 17.8. The molecular weight excluding hydrogens is 320 g/mol. The smallest absolute Gasteiger partial charge is 0.356 e. The van der Waals surface area contributed by atoms with Gasteiger partial charge in [-0.1, -0.05) is 30.3 Å². The van der Waals surface area contributed by atoms with Crippen LogP contribution < -0.4 is 0 Å². The van der Waals surface area contributed by atoms with E-state index in [1.54, 1.807) is 10.9 Å². The van der Waals surface area contributed by atoms with Crippen LogP contribution in [0.15, 0.2) is 42.9 Å². The molecule has 1 aliphatic rings. The zero-order valence-electron chi connectivity index (χ0n) is 14.4. The molecule has 2 atom stereocenters. The van der Waals surface area contributed by atoms with Crippen molar-refractivity contribution in [3.8, 4) is 0 Å². The van der Waals surface area contributed by atoms with Crippen molar-refractivity contribution >= 4 is 11.9 Å². The summed E-state index contributed by atoms with van der Waals surface area (Å²) in [4.78, 5) is 28.4. The van der Waals surface area contributed by atoms with Crippen LogP contribution in [0.25, 0.3) is 0 Å². The van der Waals surface area contributed by atoms with Crippen LogP contribution in [0, 0.1) is 11.8 Å². The molecule has 1 aliphatic carbocycles. The molecule has 132 valence electrons. The largest absolute Gasteiger partial charge is 0.469 e. The Morgan fingerprint density at radius 3 is 2.64 bits per heavy atom. The van der Waals surface area contributed by atoms with Crippen molar-refractivity contribution in [3.63, 3.8) is 0 Å². The van der Waals surface area contributed by atoms with E-state index in [0.717, 1.165) is 18.4 Å². The number of methoxy groups -OCH3 is 1. The fraction of sp³-hybridized carbons (Fsp3) is 0.421. The van der Waals surface area contributed by atoms with Crippen molar-refractivity contribution in [2.24, 2.45) is 11.8 Å². The lowest BCUT2D eigenvalue weighted by Gasteiger charge is -2.17. The number of benzene rings is 1. The highest BCUT2D eigenvalue weighted by atomic mass is 16.5. The quantitative estimate of drug-likeness (QED) is 0.724. The third-order valence-electron chi connectivity index (χ3n) is 4.66. The van der Waals surface area contributed by atoms with Gasteiger partial charge in [0.15, 0.2) is 0 Å². The van der Waals surface area contributed by atoms with Gasteiger partial charge in [0.1, 0.15) is 12.3 Å². The highest BCUT2D eigenvalue weighted by Crippen LogP contribution is 2.37. The number of carbonyl (C=O) groups is 2. The average Bonchev–Trinajstić information content (AvgIpc) is 3.36. The lowest BCUT2D eigenvalue weighted by molar-refractivity contribution is -0.147. The predicted octanol–water partition coefficient (Wildman–Crippen LogP) is 2.85. The minimum atomic E-state index is -0.477. The Morgan fingerprint density at radius 2 is 2.00 bits per heavy atom. The second kappa shape index (κ2) is 7.51. The van der Waals surface area contributed by atoms with Gasteiger partial charge in [0.25, 0.3) is 0 Å². The first-order valence-corrected chi connectivity index (χ1v) is 8.43. The van der Waals surface area contributed by atoms with Crippen molar-refractivity contribution < 1.29 is 19.1 Å². The van der Waals surface area contributed by atoms with E-state index in [9.17, 15) is 9.59 Å². The number of esters is 2. The van der Waals surface area contributed by atoms with E-state index >= 15 is 0 Å². The maximum atomic E-state index is 12.5. The first-order valence-electron chi connectivity index (χ1n) is 8.43. The van der Waals surface area contributed by atoms with Crippen molar-refractivity contribution in [1.29, 1.82) is 0 Å². The molecule has 2 unspecified atom stereocenters. The molecule has 25 heavy (non-hydrogen) atoms. The SMILES string of the molecule is COC(=O)C(COC(=O)c1cncn1C(C)c1ccccc1)C1CC1. The average molecular weight is 342 g/mol. The van der Waals surface area contributed by atoms with Crippen LogP contribution in [-0.2, 0) is 14.3 Å². The molecular formula is C19H22N2O4. The van der Waals surface area contributed by atoms with Crippen LogP contribution in [0.4, 0.5) is 0 Å². The predicted molar refractivity (Wildman–Crippen MR) is 91.0 cm³/mol. The molecule has 1 heterocycles. The van der Waals surface area contributed by atoms with E-state index in [2.05, 4.69) is 4.98 Å². The molecule has 0 radical (unpaired) electrons. The molecule has 0 spiro atoms. The van der Waals surface area contributed by atoms with E-state index < -0.39 is 5.97 Å². The van der Waals surface area contributed by atoms with Crippen molar-refractivity contribution in [2.75, 3.05) is 13.7 Å². The lowest BCUT2D eigenvalue weighted by Crippen LogP contribution is -2.26. The van der Waals surface area contributed by atoms with Crippen molar-refractivity contribution in [3.05, 3.63) is 54.1 Å². The second-order valence-corrected chi connectivity index (χ2v) is 6.34. The lowest BCUT2D eigenvalue weighted by atomic mass is 10.1. The Bertz CT molecular complexity index is 737. The van der Waals surface area contributed by atoms with Gasteiger partial charge in [-0.05, 0) is 31.2 Å². The Labute approximate surface area is 146 Å². The molecule has 6 heteroatoms. The van der Waals surface area contributed by atoms with Gasteiger partial charge in [-0.15, -0.1) is 0 Å². The van der Waals surface area contributed by atoms with Gasteiger partial charge >= 0.3 is 11.9 Å². The van der Waals surface area contributed by atoms with Crippen LogP contribution in [-0.4, -0.2) is 35.2 Å². The van der Waals surface area contributed by atoms with Gasteiger partial charge < -0.3 is 14.0 Å². The van der Waals surface area contributed by atoms with Crippen LogP contribution >= 0.6 is 0 Å². The van der Waals surface area contributed by atoms with E-state index in [-0.39, 0.29) is 30.5 Å². The van der Waals surface area contributed by atoms with Crippen molar-refractivity contribution in [2.45, 2.75) is 25.8 Å². The van der Waals surface area contributed by atoms with Crippen LogP contribution in [0.5, 0.6) is 0 Å². The first-order chi connectivity index (χ1) is 12.1. The van der Waals surface area contributed by atoms with Gasteiger partial charge in [-0.3, -0.25) is 4.79 Å². The first kappa shape index (κ1) is 17.2. The summed E-state index contributed by atoms with van der Waals surface area (Å²) < 4.78 is 12.0. The Kier molecular flexibility index (Phi) is 5.16. The summed E-state index contributed by atoms with van der Waals surface area (Å²) in [5.74, 6) is -0.915. The van der Waals surface area contributed by atoms with Crippen molar-refractivity contribution in [1.82, 2.24) is 9.55 Å². The Hall–Kier alpha value is -2.63.